The van der Waals surface area contributed by atoms with Crippen LogP contribution in [-0.4, -0.2) is 98.7 Å². The molecule has 1 atom stereocenters. The van der Waals surface area contributed by atoms with E-state index in [9.17, 15) is 5.11 Å². The van der Waals surface area contributed by atoms with Crippen molar-refractivity contribution in [1.29, 1.82) is 0 Å². The zero-order valence-electron chi connectivity index (χ0n) is 32.7. The largest absolute Gasteiger partial charge is 0.469 e. The second-order valence-corrected chi connectivity index (χ2v) is 51.9. The number of hydrogen-bond donors (Lipinski definition) is 1. The summed E-state index contributed by atoms with van der Waals surface area (Å²) in [5.74, 6) is 0. The normalized spacial score (nSPS) is 15.5. The molecule has 0 aliphatic carbocycles. The fourth-order valence-corrected chi connectivity index (χ4v) is 34.1. The molecule has 17 heteroatoms. The van der Waals surface area contributed by atoms with E-state index in [0.717, 1.165) is 37.8 Å². The molecule has 0 rings (SSSR count). The van der Waals surface area contributed by atoms with E-state index in [1.807, 2.05) is 0 Å². The van der Waals surface area contributed by atoms with Gasteiger partial charge in [0.2, 0.25) is 0 Å². The van der Waals surface area contributed by atoms with Crippen LogP contribution in [0, 0.1) is 0 Å². The minimum absolute atomic E-state index is 0.152. The quantitative estimate of drug-likeness (QED) is 0.0554. The third-order valence-electron chi connectivity index (χ3n) is 5.24. The number of ether oxygens (including phenoxy) is 2. The topological polar surface area (TPSA) is 94.1 Å². The lowest BCUT2D eigenvalue weighted by molar-refractivity contribution is -0.138. The minimum Gasteiger partial charge on any atom is -0.417 e. The second-order valence-electron chi connectivity index (χ2n) is 18.0. The molecule has 1 N–H and O–H groups in total. The molecule has 0 aromatic carbocycles. The van der Waals surface area contributed by atoms with E-state index in [2.05, 4.69) is 118 Å². The number of hydrogen-bond acceptors (Lipinski definition) is 9. The Balaban J connectivity index is 4.89. The highest BCUT2D eigenvalue weighted by atomic mass is 28.5. The van der Waals surface area contributed by atoms with Gasteiger partial charge in [-0.2, -0.15) is 0 Å². The summed E-state index contributed by atoms with van der Waals surface area (Å²) in [4.78, 5) is 0. The average Bonchev–Trinajstić information content (AvgIpc) is 2.68. The summed E-state index contributed by atoms with van der Waals surface area (Å²) >= 11 is 0. The smallest absolute Gasteiger partial charge is 0.417 e. The number of rotatable bonds is 25. The summed E-state index contributed by atoms with van der Waals surface area (Å²) in [6.45, 7) is 40.9. The Hall–Kier alpha value is 1.38. The van der Waals surface area contributed by atoms with E-state index in [0.29, 0.717) is 13.2 Å². The molecule has 0 bridgehead atoms. The predicted octanol–water partition coefficient (Wildman–Crippen LogP) is 8.89. The van der Waals surface area contributed by atoms with Gasteiger partial charge in [0.05, 0.1) is 6.61 Å². The Bertz CT molecular complexity index is 745. The lowest BCUT2D eigenvalue weighted by Crippen LogP contribution is -2.60. The van der Waals surface area contributed by atoms with Crippen molar-refractivity contribution in [3.05, 3.63) is 0 Å². The van der Waals surface area contributed by atoms with Gasteiger partial charge in [0.15, 0.2) is 56.2 Å². The summed E-state index contributed by atoms with van der Waals surface area (Å²) in [6, 6.07) is 1.57. The maximum atomic E-state index is 10.4. The van der Waals surface area contributed by atoms with Crippen LogP contribution in [0.3, 0.4) is 0 Å². The van der Waals surface area contributed by atoms with Gasteiger partial charge in [0.25, 0.3) is 0 Å². The van der Waals surface area contributed by atoms with Crippen molar-refractivity contribution in [1.82, 2.24) is 0 Å². The second kappa shape index (κ2) is 18.6. The highest BCUT2D eigenvalue weighted by molar-refractivity contribution is 6.91. The number of aliphatic hydroxyl groups is 1. The van der Waals surface area contributed by atoms with Crippen LogP contribution in [0.25, 0.3) is 0 Å². The van der Waals surface area contributed by atoms with Crippen LogP contribution in [0.5, 0.6) is 0 Å². The SMILES string of the molecule is C[Si](C)(C)O[Si](CCCCOCC(O)OCCCC[Si](O[Si](C)(C)C)(O[Si](C)(C)C)O[Si](C)(C)C)(O[Si](C)(C)C)O[Si](C)(C)C. The maximum Gasteiger partial charge on any atom is 0.469 e. The van der Waals surface area contributed by atoms with Gasteiger partial charge in [0, 0.05) is 25.3 Å². The van der Waals surface area contributed by atoms with Crippen LogP contribution >= 0.6 is 0 Å². The van der Waals surface area contributed by atoms with Crippen molar-refractivity contribution >= 4 is 67.5 Å². The third kappa shape index (κ3) is 26.9. The molecule has 9 nitrogen and oxygen atoms in total. The maximum absolute atomic E-state index is 10.4. The molecule has 0 amide bonds. The fraction of sp³-hybridized carbons (Fsp3) is 1.00. The summed E-state index contributed by atoms with van der Waals surface area (Å²) in [5, 5.41) is 10.4. The summed E-state index contributed by atoms with van der Waals surface area (Å²) in [6.07, 6.45) is 2.45. The Labute approximate surface area is 287 Å². The zero-order chi connectivity index (χ0) is 35.6. The van der Waals surface area contributed by atoms with Crippen molar-refractivity contribution in [2.75, 3.05) is 19.8 Å². The lowest BCUT2D eigenvalue weighted by Gasteiger charge is -2.43. The molecule has 0 fully saturated rings. The molecule has 0 aliphatic rings. The number of aliphatic hydroxyl groups excluding tert-OH is 1. The van der Waals surface area contributed by atoms with E-state index < -0.39 is 73.8 Å². The average molecular weight is 780 g/mol. The van der Waals surface area contributed by atoms with Gasteiger partial charge < -0.3 is 39.3 Å². The van der Waals surface area contributed by atoms with Gasteiger partial charge in [0.1, 0.15) is 0 Å². The van der Waals surface area contributed by atoms with E-state index in [4.69, 9.17) is 34.2 Å². The first kappa shape index (κ1) is 46.4. The molecular formula is C28H74O9Si8. The third-order valence-corrected chi connectivity index (χ3v) is 29.3. The Morgan fingerprint density at radius 3 is 0.933 bits per heavy atom. The highest BCUT2D eigenvalue weighted by Crippen LogP contribution is 2.32. The van der Waals surface area contributed by atoms with E-state index in [-0.39, 0.29) is 6.61 Å². The van der Waals surface area contributed by atoms with Crippen molar-refractivity contribution in [2.24, 2.45) is 0 Å². The van der Waals surface area contributed by atoms with Gasteiger partial charge >= 0.3 is 17.6 Å². The fourth-order valence-electron chi connectivity index (χ4n) is 4.67. The van der Waals surface area contributed by atoms with Crippen LogP contribution in [-0.2, 0) is 34.2 Å². The lowest BCUT2D eigenvalue weighted by atomic mass is 10.3. The van der Waals surface area contributed by atoms with Crippen LogP contribution in [0.1, 0.15) is 25.7 Å². The zero-order valence-corrected chi connectivity index (χ0v) is 40.7. The Morgan fingerprint density at radius 2 is 0.667 bits per heavy atom. The van der Waals surface area contributed by atoms with Crippen molar-refractivity contribution in [3.63, 3.8) is 0 Å². The van der Waals surface area contributed by atoms with Crippen LogP contribution in [0.15, 0.2) is 0 Å². The van der Waals surface area contributed by atoms with E-state index >= 15 is 0 Å². The highest BCUT2D eigenvalue weighted by Gasteiger charge is 2.50. The summed E-state index contributed by atoms with van der Waals surface area (Å²) in [7, 11) is -17.0. The molecular weight excluding hydrogens is 705 g/mol. The van der Waals surface area contributed by atoms with Crippen LogP contribution in [0.4, 0.5) is 0 Å². The first-order valence-electron chi connectivity index (χ1n) is 16.9. The standard InChI is InChI=1S/C28H74O9Si8/c1-38(2,3)32-44(33-39(4,5)6,34-40(7,8)9)25-21-19-23-30-27-28(29)31-24-20-22-26-45(35-41(10,11)12,36-42(13,14)15)37-43(16,17)18/h28-29H,19-27H2,1-18H3. The molecule has 272 valence electrons. The van der Waals surface area contributed by atoms with Gasteiger partial charge in [-0.15, -0.1) is 0 Å². The molecule has 0 aliphatic heterocycles. The van der Waals surface area contributed by atoms with E-state index in [1.165, 1.54) is 0 Å². The summed E-state index contributed by atoms with van der Waals surface area (Å²) in [5.41, 5.74) is 0. The molecule has 0 aromatic heterocycles. The summed E-state index contributed by atoms with van der Waals surface area (Å²) < 4.78 is 52.1. The van der Waals surface area contributed by atoms with E-state index in [1.54, 1.807) is 0 Å². The van der Waals surface area contributed by atoms with Gasteiger partial charge in [-0.1, -0.05) is 0 Å². The predicted molar refractivity (Wildman–Crippen MR) is 209 cm³/mol. The Morgan fingerprint density at radius 1 is 0.400 bits per heavy atom. The molecule has 0 saturated heterocycles. The molecule has 0 heterocycles. The van der Waals surface area contributed by atoms with Crippen molar-refractivity contribution in [3.8, 4) is 0 Å². The van der Waals surface area contributed by atoms with Gasteiger partial charge in [-0.05, 0) is 144 Å². The Kier molecular flexibility index (Phi) is 19.1. The molecule has 0 saturated carbocycles. The molecule has 0 spiro atoms. The first-order chi connectivity index (χ1) is 19.8. The van der Waals surface area contributed by atoms with Gasteiger partial charge in [-0.3, -0.25) is 0 Å². The number of unbranched alkanes of at least 4 members (excludes halogenated alkanes) is 2. The van der Waals surface area contributed by atoms with Crippen molar-refractivity contribution < 1.29 is 39.3 Å². The van der Waals surface area contributed by atoms with Crippen molar-refractivity contribution in [2.45, 2.75) is 162 Å². The molecule has 1 unspecified atom stereocenters. The monoisotopic (exact) mass is 778 g/mol. The minimum atomic E-state index is -2.84. The van der Waals surface area contributed by atoms with Gasteiger partial charge in [-0.25, -0.2) is 0 Å². The molecule has 0 aromatic rings. The molecule has 45 heavy (non-hydrogen) atoms. The first-order valence-corrected chi connectivity index (χ1v) is 41.2. The molecule has 0 radical (unpaired) electrons. The van der Waals surface area contributed by atoms with Crippen LogP contribution in [0.2, 0.25) is 130 Å². The van der Waals surface area contributed by atoms with Crippen LogP contribution < -0.4 is 0 Å².